The van der Waals surface area contributed by atoms with Crippen molar-refractivity contribution in [2.75, 3.05) is 0 Å². The van der Waals surface area contributed by atoms with Gasteiger partial charge in [0.25, 0.3) is 0 Å². The summed E-state index contributed by atoms with van der Waals surface area (Å²) >= 11 is 0. The first-order valence-corrected chi connectivity index (χ1v) is 7.16. The number of benzene rings is 1. The highest BCUT2D eigenvalue weighted by Gasteiger charge is 2.17. The summed E-state index contributed by atoms with van der Waals surface area (Å²) in [4.78, 5) is 0.274. The highest BCUT2D eigenvalue weighted by Crippen LogP contribution is 2.10. The minimum absolute atomic E-state index is 0.221. The zero-order valence-electron chi connectivity index (χ0n) is 10.0. The van der Waals surface area contributed by atoms with Crippen LogP contribution in [0.25, 0.3) is 0 Å². The van der Waals surface area contributed by atoms with Crippen molar-refractivity contribution in [3.8, 4) is 0 Å². The standard InChI is InChI=1S/C13H15NO3S/c1-11(10-12-6-5-9-17-12)14-18(15,16)13-7-3-2-4-8-13/h2-9,11,14H,10H2,1H3. The largest absolute Gasteiger partial charge is 0.469 e. The number of rotatable bonds is 5. The zero-order chi connectivity index (χ0) is 13.0. The van der Waals surface area contributed by atoms with Gasteiger partial charge in [0, 0.05) is 12.5 Å². The Morgan fingerprint density at radius 1 is 1.17 bits per heavy atom. The van der Waals surface area contributed by atoms with Crippen molar-refractivity contribution in [1.29, 1.82) is 0 Å². The Bertz CT molecular complexity index is 576. The van der Waals surface area contributed by atoms with E-state index < -0.39 is 10.0 Å². The van der Waals surface area contributed by atoms with Crippen molar-refractivity contribution < 1.29 is 12.8 Å². The van der Waals surface area contributed by atoms with Gasteiger partial charge in [0.1, 0.15) is 5.76 Å². The number of sulfonamides is 1. The molecule has 0 saturated carbocycles. The monoisotopic (exact) mass is 265 g/mol. The van der Waals surface area contributed by atoms with Gasteiger partial charge in [-0.1, -0.05) is 18.2 Å². The molecular weight excluding hydrogens is 250 g/mol. The maximum absolute atomic E-state index is 12.0. The molecule has 4 nitrogen and oxygen atoms in total. The molecule has 0 fully saturated rings. The molecule has 1 N–H and O–H groups in total. The fourth-order valence-electron chi connectivity index (χ4n) is 1.70. The van der Waals surface area contributed by atoms with Gasteiger partial charge in [0.05, 0.1) is 11.2 Å². The Labute approximate surface area is 107 Å². The summed E-state index contributed by atoms with van der Waals surface area (Å²) in [5.74, 6) is 0.762. The van der Waals surface area contributed by atoms with Crippen LogP contribution in [0.4, 0.5) is 0 Å². The minimum Gasteiger partial charge on any atom is -0.469 e. The van der Waals surface area contributed by atoms with Gasteiger partial charge in [0.15, 0.2) is 0 Å². The number of hydrogen-bond acceptors (Lipinski definition) is 3. The van der Waals surface area contributed by atoms with E-state index in [9.17, 15) is 8.42 Å². The van der Waals surface area contributed by atoms with Crippen molar-refractivity contribution >= 4 is 10.0 Å². The fraction of sp³-hybridized carbons (Fsp3) is 0.231. The van der Waals surface area contributed by atoms with Crippen LogP contribution in [-0.4, -0.2) is 14.5 Å². The molecule has 2 rings (SSSR count). The fourth-order valence-corrected chi connectivity index (χ4v) is 2.97. The van der Waals surface area contributed by atoms with Crippen molar-refractivity contribution in [3.05, 3.63) is 54.5 Å². The average Bonchev–Trinajstić information content (AvgIpc) is 2.82. The summed E-state index contributed by atoms with van der Waals surface area (Å²) < 4.78 is 31.9. The van der Waals surface area contributed by atoms with E-state index in [1.165, 1.54) is 0 Å². The molecule has 0 aliphatic carbocycles. The Kier molecular flexibility index (Phi) is 3.84. The van der Waals surface area contributed by atoms with Crippen molar-refractivity contribution in [2.24, 2.45) is 0 Å². The molecule has 1 unspecified atom stereocenters. The molecule has 0 saturated heterocycles. The van der Waals surface area contributed by atoms with E-state index in [1.807, 2.05) is 13.0 Å². The van der Waals surface area contributed by atoms with E-state index >= 15 is 0 Å². The van der Waals surface area contributed by atoms with Gasteiger partial charge in [0.2, 0.25) is 10.0 Å². The molecular formula is C13H15NO3S. The lowest BCUT2D eigenvalue weighted by Gasteiger charge is -2.12. The minimum atomic E-state index is -3.45. The second-order valence-electron chi connectivity index (χ2n) is 4.12. The van der Waals surface area contributed by atoms with E-state index in [2.05, 4.69) is 4.72 Å². The van der Waals surface area contributed by atoms with Crippen LogP contribution in [0, 0.1) is 0 Å². The maximum atomic E-state index is 12.0. The molecule has 1 atom stereocenters. The van der Waals surface area contributed by atoms with Crippen LogP contribution in [0.1, 0.15) is 12.7 Å². The zero-order valence-corrected chi connectivity index (χ0v) is 10.9. The number of hydrogen-bond donors (Lipinski definition) is 1. The van der Waals surface area contributed by atoms with Crippen molar-refractivity contribution in [2.45, 2.75) is 24.3 Å². The molecule has 0 amide bonds. The van der Waals surface area contributed by atoms with Gasteiger partial charge in [-0.3, -0.25) is 0 Å². The van der Waals surface area contributed by atoms with Gasteiger partial charge in [-0.05, 0) is 31.2 Å². The number of nitrogens with one attached hydrogen (secondary N) is 1. The van der Waals surface area contributed by atoms with Crippen molar-refractivity contribution in [3.63, 3.8) is 0 Å². The summed E-state index contributed by atoms with van der Waals surface area (Å²) in [6.45, 7) is 1.81. The molecule has 2 aromatic rings. The third-order valence-corrected chi connectivity index (χ3v) is 4.10. The molecule has 5 heteroatoms. The van der Waals surface area contributed by atoms with Crippen LogP contribution >= 0.6 is 0 Å². The van der Waals surface area contributed by atoms with Crippen LogP contribution in [0.15, 0.2) is 58.0 Å². The van der Waals surface area contributed by atoms with Crippen LogP contribution < -0.4 is 4.72 Å². The first kappa shape index (κ1) is 12.9. The molecule has 1 aromatic heterocycles. The van der Waals surface area contributed by atoms with Gasteiger partial charge >= 0.3 is 0 Å². The van der Waals surface area contributed by atoms with E-state index in [-0.39, 0.29) is 10.9 Å². The summed E-state index contributed by atoms with van der Waals surface area (Å²) in [5, 5.41) is 0. The summed E-state index contributed by atoms with van der Waals surface area (Å²) in [7, 11) is -3.45. The SMILES string of the molecule is CC(Cc1ccco1)NS(=O)(=O)c1ccccc1. The lowest BCUT2D eigenvalue weighted by Crippen LogP contribution is -2.33. The summed E-state index contributed by atoms with van der Waals surface area (Å²) in [5.41, 5.74) is 0. The van der Waals surface area contributed by atoms with Gasteiger partial charge in [-0.2, -0.15) is 0 Å². The van der Waals surface area contributed by atoms with E-state index in [0.29, 0.717) is 6.42 Å². The summed E-state index contributed by atoms with van der Waals surface area (Å²) in [6.07, 6.45) is 2.10. The highest BCUT2D eigenvalue weighted by atomic mass is 32.2. The van der Waals surface area contributed by atoms with Crippen LogP contribution in [0.5, 0.6) is 0 Å². The van der Waals surface area contributed by atoms with E-state index in [1.54, 1.807) is 42.7 Å². The van der Waals surface area contributed by atoms with Crippen LogP contribution in [-0.2, 0) is 16.4 Å². The third kappa shape index (κ3) is 3.21. The number of furan rings is 1. The molecule has 1 heterocycles. The van der Waals surface area contributed by atoms with E-state index in [4.69, 9.17) is 4.42 Å². The second-order valence-corrected chi connectivity index (χ2v) is 5.83. The molecule has 0 aliphatic rings. The van der Waals surface area contributed by atoms with Gasteiger partial charge < -0.3 is 4.42 Å². The molecule has 0 aliphatic heterocycles. The normalized spacial score (nSPS) is 13.4. The first-order chi connectivity index (χ1) is 8.58. The van der Waals surface area contributed by atoms with Crippen LogP contribution in [0.3, 0.4) is 0 Å². The van der Waals surface area contributed by atoms with Gasteiger partial charge in [-0.15, -0.1) is 0 Å². The van der Waals surface area contributed by atoms with Crippen molar-refractivity contribution in [1.82, 2.24) is 4.72 Å². The third-order valence-electron chi connectivity index (χ3n) is 2.50. The molecule has 18 heavy (non-hydrogen) atoms. The predicted octanol–water partition coefficient (Wildman–Crippen LogP) is 2.19. The topological polar surface area (TPSA) is 59.3 Å². The molecule has 96 valence electrons. The van der Waals surface area contributed by atoms with E-state index in [0.717, 1.165) is 5.76 Å². The second kappa shape index (κ2) is 5.37. The van der Waals surface area contributed by atoms with Gasteiger partial charge in [-0.25, -0.2) is 13.1 Å². The average molecular weight is 265 g/mol. The lowest BCUT2D eigenvalue weighted by molar-refractivity contribution is 0.479. The maximum Gasteiger partial charge on any atom is 0.240 e. The Morgan fingerprint density at radius 2 is 1.89 bits per heavy atom. The quantitative estimate of drug-likeness (QED) is 0.901. The lowest BCUT2D eigenvalue weighted by atomic mass is 10.2. The molecule has 0 bridgehead atoms. The van der Waals surface area contributed by atoms with Crippen LogP contribution in [0.2, 0.25) is 0 Å². The molecule has 0 spiro atoms. The Morgan fingerprint density at radius 3 is 2.50 bits per heavy atom. The summed E-state index contributed by atoms with van der Waals surface area (Å²) in [6, 6.07) is 11.7. The smallest absolute Gasteiger partial charge is 0.240 e. The highest BCUT2D eigenvalue weighted by molar-refractivity contribution is 7.89. The first-order valence-electron chi connectivity index (χ1n) is 5.68. The predicted molar refractivity (Wildman–Crippen MR) is 68.6 cm³/mol. The molecule has 1 aromatic carbocycles. The Hall–Kier alpha value is -1.59. The Balaban J connectivity index is 2.05. The molecule has 0 radical (unpaired) electrons.